The predicted octanol–water partition coefficient (Wildman–Crippen LogP) is 3.37. The van der Waals surface area contributed by atoms with E-state index in [1.54, 1.807) is 12.1 Å². The van der Waals surface area contributed by atoms with Crippen molar-refractivity contribution >= 4 is 11.6 Å². The molecule has 1 N–H and O–H groups in total. The lowest BCUT2D eigenvalue weighted by Crippen LogP contribution is -2.39. The summed E-state index contributed by atoms with van der Waals surface area (Å²) in [4.78, 5) is 14.4. The Morgan fingerprint density at radius 3 is 2.95 bits per heavy atom. The van der Waals surface area contributed by atoms with Gasteiger partial charge in [-0.3, -0.25) is 4.79 Å². The van der Waals surface area contributed by atoms with Crippen LogP contribution in [0.3, 0.4) is 0 Å². The molecule has 0 bridgehead atoms. The van der Waals surface area contributed by atoms with Gasteiger partial charge in [-0.05, 0) is 43.1 Å². The summed E-state index contributed by atoms with van der Waals surface area (Å²) in [6.07, 6.45) is 3.56. The summed E-state index contributed by atoms with van der Waals surface area (Å²) in [5.41, 5.74) is 2.18. The van der Waals surface area contributed by atoms with Crippen molar-refractivity contribution < 1.29 is 9.21 Å². The molecule has 1 aromatic carbocycles. The summed E-state index contributed by atoms with van der Waals surface area (Å²) in [5, 5.41) is 3.56. The Morgan fingerprint density at radius 2 is 2.19 bits per heavy atom. The Bertz CT molecular complexity index is 607. The summed E-state index contributed by atoms with van der Waals surface area (Å²) >= 11 is 0. The first-order valence-corrected chi connectivity index (χ1v) is 7.49. The highest BCUT2D eigenvalue weighted by Gasteiger charge is 2.29. The smallest absolute Gasteiger partial charge is 0.293 e. The van der Waals surface area contributed by atoms with Crippen LogP contribution in [0.5, 0.6) is 0 Å². The molecule has 3 rings (SSSR count). The van der Waals surface area contributed by atoms with E-state index >= 15 is 0 Å². The van der Waals surface area contributed by atoms with Gasteiger partial charge in [-0.25, -0.2) is 0 Å². The molecule has 4 heteroatoms. The standard InChI is InChI=1S/C17H20N2O2/c1-2-10-18-14-9-11-19(15-7-4-3-6-13(14)15)17(20)16-8-5-12-21-16/h3-8,12,14,18H,2,9-11H2,1H3. The molecule has 0 spiro atoms. The molecule has 1 aliphatic rings. The van der Waals surface area contributed by atoms with Crippen LogP contribution < -0.4 is 10.2 Å². The lowest BCUT2D eigenvalue weighted by atomic mass is 9.96. The molecule has 1 atom stereocenters. The number of nitrogens with zero attached hydrogens (tertiary/aromatic N) is 1. The van der Waals surface area contributed by atoms with Crippen LogP contribution >= 0.6 is 0 Å². The second kappa shape index (κ2) is 6.14. The fourth-order valence-corrected chi connectivity index (χ4v) is 2.84. The van der Waals surface area contributed by atoms with Crippen LogP contribution in [-0.4, -0.2) is 19.0 Å². The summed E-state index contributed by atoms with van der Waals surface area (Å²) in [5.74, 6) is 0.325. The monoisotopic (exact) mass is 284 g/mol. The quantitative estimate of drug-likeness (QED) is 0.936. The zero-order valence-electron chi connectivity index (χ0n) is 12.2. The van der Waals surface area contributed by atoms with Crippen molar-refractivity contribution in [2.75, 3.05) is 18.0 Å². The maximum Gasteiger partial charge on any atom is 0.293 e. The van der Waals surface area contributed by atoms with E-state index in [0.29, 0.717) is 18.3 Å². The van der Waals surface area contributed by atoms with Crippen LogP contribution in [0.4, 0.5) is 5.69 Å². The molecule has 1 aliphatic heterocycles. The summed E-state index contributed by atoms with van der Waals surface area (Å²) in [6.45, 7) is 3.86. The Hall–Kier alpha value is -2.07. The average Bonchev–Trinajstić information content (AvgIpc) is 3.06. The van der Waals surface area contributed by atoms with E-state index in [0.717, 1.165) is 25.1 Å². The number of amides is 1. The zero-order valence-corrected chi connectivity index (χ0v) is 12.2. The number of hydrogen-bond donors (Lipinski definition) is 1. The van der Waals surface area contributed by atoms with E-state index in [1.165, 1.54) is 11.8 Å². The Balaban J connectivity index is 1.89. The third-order valence-corrected chi connectivity index (χ3v) is 3.86. The number of fused-ring (bicyclic) bond motifs is 1. The van der Waals surface area contributed by atoms with Crippen LogP contribution in [0, 0.1) is 0 Å². The first-order chi connectivity index (χ1) is 10.3. The molecule has 1 aromatic heterocycles. The number of nitrogens with one attached hydrogen (secondary N) is 1. The molecule has 1 unspecified atom stereocenters. The van der Waals surface area contributed by atoms with E-state index in [-0.39, 0.29) is 5.91 Å². The fourth-order valence-electron chi connectivity index (χ4n) is 2.84. The molecular weight excluding hydrogens is 264 g/mol. The predicted molar refractivity (Wildman–Crippen MR) is 82.5 cm³/mol. The van der Waals surface area contributed by atoms with E-state index in [4.69, 9.17) is 4.42 Å². The third-order valence-electron chi connectivity index (χ3n) is 3.86. The van der Waals surface area contributed by atoms with Gasteiger partial charge in [-0.1, -0.05) is 25.1 Å². The molecular formula is C17H20N2O2. The first kappa shape index (κ1) is 13.9. The number of anilines is 1. The van der Waals surface area contributed by atoms with Crippen molar-refractivity contribution in [1.82, 2.24) is 5.32 Å². The van der Waals surface area contributed by atoms with Crippen molar-refractivity contribution in [2.45, 2.75) is 25.8 Å². The lowest BCUT2D eigenvalue weighted by Gasteiger charge is -2.34. The molecule has 21 heavy (non-hydrogen) atoms. The van der Waals surface area contributed by atoms with Crippen molar-refractivity contribution in [3.63, 3.8) is 0 Å². The van der Waals surface area contributed by atoms with E-state index in [1.807, 2.05) is 23.1 Å². The van der Waals surface area contributed by atoms with Crippen LogP contribution in [0.2, 0.25) is 0 Å². The maximum atomic E-state index is 12.6. The second-order valence-corrected chi connectivity index (χ2v) is 5.29. The molecule has 1 amide bonds. The topological polar surface area (TPSA) is 45.5 Å². The molecule has 0 saturated carbocycles. The lowest BCUT2D eigenvalue weighted by molar-refractivity contribution is 0.0957. The first-order valence-electron chi connectivity index (χ1n) is 7.49. The van der Waals surface area contributed by atoms with E-state index in [9.17, 15) is 4.79 Å². The number of benzene rings is 1. The number of carbonyl (C=O) groups is 1. The van der Waals surface area contributed by atoms with Gasteiger partial charge in [0, 0.05) is 18.3 Å². The molecule has 0 radical (unpaired) electrons. The molecule has 0 saturated heterocycles. The van der Waals surface area contributed by atoms with Gasteiger partial charge >= 0.3 is 0 Å². The van der Waals surface area contributed by atoms with E-state index < -0.39 is 0 Å². The van der Waals surface area contributed by atoms with Gasteiger partial charge in [0.05, 0.1) is 6.26 Å². The van der Waals surface area contributed by atoms with Crippen LogP contribution in [-0.2, 0) is 0 Å². The van der Waals surface area contributed by atoms with Crippen LogP contribution in [0.25, 0.3) is 0 Å². The van der Waals surface area contributed by atoms with Crippen molar-refractivity contribution in [3.05, 3.63) is 54.0 Å². The highest BCUT2D eigenvalue weighted by molar-refractivity contribution is 6.05. The summed E-state index contributed by atoms with van der Waals surface area (Å²) in [6, 6.07) is 11.9. The Morgan fingerprint density at radius 1 is 1.33 bits per heavy atom. The largest absolute Gasteiger partial charge is 0.459 e. The Labute approximate surface area is 124 Å². The highest BCUT2D eigenvalue weighted by Crippen LogP contribution is 2.34. The number of furan rings is 1. The molecule has 110 valence electrons. The third kappa shape index (κ3) is 2.72. The minimum absolute atomic E-state index is 0.0682. The molecule has 0 fully saturated rings. The minimum Gasteiger partial charge on any atom is -0.459 e. The highest BCUT2D eigenvalue weighted by atomic mass is 16.3. The Kier molecular flexibility index (Phi) is 4.06. The number of para-hydroxylation sites is 1. The summed E-state index contributed by atoms with van der Waals surface area (Å²) in [7, 11) is 0. The van der Waals surface area contributed by atoms with Crippen LogP contribution in [0.1, 0.15) is 41.9 Å². The number of rotatable bonds is 4. The zero-order chi connectivity index (χ0) is 14.7. The average molecular weight is 284 g/mol. The van der Waals surface area contributed by atoms with Crippen LogP contribution in [0.15, 0.2) is 47.1 Å². The van der Waals surface area contributed by atoms with Crippen molar-refractivity contribution in [3.8, 4) is 0 Å². The number of hydrogen-bond acceptors (Lipinski definition) is 3. The van der Waals surface area contributed by atoms with Crippen molar-refractivity contribution in [2.24, 2.45) is 0 Å². The molecule has 4 nitrogen and oxygen atoms in total. The van der Waals surface area contributed by atoms with Gasteiger partial charge in [0.1, 0.15) is 0 Å². The second-order valence-electron chi connectivity index (χ2n) is 5.29. The molecule has 0 aliphatic carbocycles. The molecule has 2 aromatic rings. The van der Waals surface area contributed by atoms with Gasteiger partial charge in [0.2, 0.25) is 0 Å². The van der Waals surface area contributed by atoms with Gasteiger partial charge in [-0.2, -0.15) is 0 Å². The van der Waals surface area contributed by atoms with Gasteiger partial charge < -0.3 is 14.6 Å². The van der Waals surface area contributed by atoms with E-state index in [2.05, 4.69) is 18.3 Å². The SMILES string of the molecule is CCCNC1CCN(C(=O)c2ccco2)c2ccccc21. The number of carbonyl (C=O) groups excluding carboxylic acids is 1. The van der Waals surface area contributed by atoms with Crippen molar-refractivity contribution in [1.29, 1.82) is 0 Å². The normalized spacial score (nSPS) is 17.6. The summed E-state index contributed by atoms with van der Waals surface area (Å²) < 4.78 is 5.25. The maximum absolute atomic E-state index is 12.6. The molecule has 2 heterocycles. The van der Waals surface area contributed by atoms with Gasteiger partial charge in [0.25, 0.3) is 5.91 Å². The fraction of sp³-hybridized carbons (Fsp3) is 0.353. The van der Waals surface area contributed by atoms with Gasteiger partial charge in [0.15, 0.2) is 5.76 Å². The minimum atomic E-state index is -0.0682. The van der Waals surface area contributed by atoms with Gasteiger partial charge in [-0.15, -0.1) is 0 Å².